The van der Waals surface area contributed by atoms with Crippen molar-refractivity contribution < 1.29 is 14.3 Å². The van der Waals surface area contributed by atoms with E-state index in [0.717, 1.165) is 17.8 Å². The zero-order chi connectivity index (χ0) is 17.4. The number of benzene rings is 1. The Labute approximate surface area is 146 Å². The van der Waals surface area contributed by atoms with Crippen molar-refractivity contribution in [3.05, 3.63) is 57.0 Å². The molecule has 4 rings (SSSR count). The van der Waals surface area contributed by atoms with Crippen LogP contribution in [0.15, 0.2) is 35.1 Å². The van der Waals surface area contributed by atoms with Crippen molar-refractivity contribution in [3.8, 4) is 5.75 Å². The summed E-state index contributed by atoms with van der Waals surface area (Å²) in [6, 6.07) is 8.04. The van der Waals surface area contributed by atoms with Crippen LogP contribution in [0.5, 0.6) is 5.75 Å². The van der Waals surface area contributed by atoms with E-state index in [9.17, 15) is 9.59 Å². The molecule has 7 nitrogen and oxygen atoms in total. The highest BCUT2D eigenvalue weighted by Gasteiger charge is 2.28. The smallest absolute Gasteiger partial charge is 0.338 e. The predicted molar refractivity (Wildman–Crippen MR) is 91.2 cm³/mol. The Bertz CT molecular complexity index is 1010. The largest absolute Gasteiger partial charge is 0.497 e. The average Bonchev–Trinajstić information content (AvgIpc) is 3.39. The van der Waals surface area contributed by atoms with Crippen LogP contribution in [0, 0.1) is 0 Å². The van der Waals surface area contributed by atoms with Gasteiger partial charge in [-0.1, -0.05) is 17.4 Å². The van der Waals surface area contributed by atoms with Gasteiger partial charge in [0.25, 0.3) is 5.56 Å². The lowest BCUT2D eigenvalue weighted by atomic mass is 10.2. The maximum Gasteiger partial charge on any atom is 0.338 e. The van der Waals surface area contributed by atoms with E-state index in [-0.39, 0.29) is 12.2 Å². The fraction of sp³-hybridized carbons (Fsp3) is 0.294. The minimum absolute atomic E-state index is 0.0710. The molecule has 128 valence electrons. The summed E-state index contributed by atoms with van der Waals surface area (Å²) in [7, 11) is 1.53. The zero-order valence-corrected chi connectivity index (χ0v) is 14.3. The lowest BCUT2D eigenvalue weighted by molar-refractivity contribution is 0.0467. The summed E-state index contributed by atoms with van der Waals surface area (Å²) in [4.78, 5) is 29.2. The SMILES string of the molecule is COc1cccc(C(=O)OCc2cc(=O)n3nc(C4CC4)sc3n2)c1. The molecule has 0 radical (unpaired) electrons. The number of rotatable bonds is 5. The number of hydrogen-bond donors (Lipinski definition) is 0. The number of ether oxygens (including phenoxy) is 2. The van der Waals surface area contributed by atoms with Crippen molar-refractivity contribution in [3.63, 3.8) is 0 Å². The molecule has 3 aromatic rings. The van der Waals surface area contributed by atoms with Crippen LogP contribution in [0.1, 0.15) is 39.8 Å². The van der Waals surface area contributed by atoms with Gasteiger partial charge in [0, 0.05) is 12.0 Å². The summed E-state index contributed by atoms with van der Waals surface area (Å²) in [6.07, 6.45) is 2.22. The van der Waals surface area contributed by atoms with E-state index in [1.54, 1.807) is 24.3 Å². The van der Waals surface area contributed by atoms with Gasteiger partial charge in [-0.25, -0.2) is 9.78 Å². The first-order chi connectivity index (χ1) is 12.1. The Morgan fingerprint density at radius 2 is 2.20 bits per heavy atom. The topological polar surface area (TPSA) is 82.8 Å². The molecule has 0 spiro atoms. The Morgan fingerprint density at radius 3 is 2.96 bits per heavy atom. The number of methoxy groups -OCH3 is 1. The van der Waals surface area contributed by atoms with Gasteiger partial charge in [0.05, 0.1) is 18.4 Å². The molecule has 0 bridgehead atoms. The van der Waals surface area contributed by atoms with Crippen molar-refractivity contribution in [2.75, 3.05) is 7.11 Å². The molecule has 0 N–H and O–H groups in total. The van der Waals surface area contributed by atoms with Crippen LogP contribution >= 0.6 is 11.3 Å². The van der Waals surface area contributed by atoms with Gasteiger partial charge in [0.1, 0.15) is 17.4 Å². The second-order valence-electron chi connectivity index (χ2n) is 5.80. The molecule has 0 saturated heterocycles. The number of nitrogens with zero attached hydrogens (tertiary/aromatic N) is 3. The van der Waals surface area contributed by atoms with Crippen LogP contribution in [-0.2, 0) is 11.3 Å². The standard InChI is InChI=1S/C17H15N3O4S/c1-23-13-4-2-3-11(7-13)16(22)24-9-12-8-14(21)20-17(18-12)25-15(19-20)10-5-6-10/h2-4,7-8,10H,5-6,9H2,1H3. The lowest BCUT2D eigenvalue weighted by Crippen LogP contribution is -2.16. The minimum Gasteiger partial charge on any atom is -0.497 e. The van der Waals surface area contributed by atoms with Crippen LogP contribution in [0.25, 0.3) is 4.96 Å². The Morgan fingerprint density at radius 1 is 1.36 bits per heavy atom. The number of carbonyl (C=O) groups is 1. The van der Waals surface area contributed by atoms with E-state index in [1.165, 1.54) is 29.0 Å². The van der Waals surface area contributed by atoms with Gasteiger partial charge in [-0.05, 0) is 31.0 Å². The van der Waals surface area contributed by atoms with Gasteiger partial charge in [-0.15, -0.1) is 0 Å². The van der Waals surface area contributed by atoms with E-state index in [0.29, 0.717) is 27.9 Å². The number of esters is 1. The first-order valence-electron chi connectivity index (χ1n) is 7.85. The van der Waals surface area contributed by atoms with E-state index in [4.69, 9.17) is 9.47 Å². The van der Waals surface area contributed by atoms with E-state index >= 15 is 0 Å². The van der Waals surface area contributed by atoms with Crippen molar-refractivity contribution in [1.82, 2.24) is 14.6 Å². The Balaban J connectivity index is 1.52. The first-order valence-corrected chi connectivity index (χ1v) is 8.66. The van der Waals surface area contributed by atoms with Gasteiger partial charge in [0.15, 0.2) is 0 Å². The minimum atomic E-state index is -0.496. The second-order valence-corrected chi connectivity index (χ2v) is 6.79. The van der Waals surface area contributed by atoms with E-state index < -0.39 is 5.97 Å². The molecule has 2 aromatic heterocycles. The highest BCUT2D eigenvalue weighted by Crippen LogP contribution is 2.41. The molecule has 1 aliphatic carbocycles. The molecule has 0 aliphatic heterocycles. The summed E-state index contributed by atoms with van der Waals surface area (Å²) < 4.78 is 11.7. The fourth-order valence-electron chi connectivity index (χ4n) is 2.41. The molecule has 8 heteroatoms. The fourth-order valence-corrected chi connectivity index (χ4v) is 3.51. The van der Waals surface area contributed by atoms with Crippen LogP contribution in [0.3, 0.4) is 0 Å². The monoisotopic (exact) mass is 357 g/mol. The summed E-state index contributed by atoms with van der Waals surface area (Å²) >= 11 is 1.42. The van der Waals surface area contributed by atoms with Gasteiger partial charge >= 0.3 is 5.97 Å². The van der Waals surface area contributed by atoms with Crippen molar-refractivity contribution in [2.45, 2.75) is 25.4 Å². The first kappa shape index (κ1) is 15.8. The lowest BCUT2D eigenvalue weighted by Gasteiger charge is -2.05. The molecule has 0 amide bonds. The highest BCUT2D eigenvalue weighted by molar-refractivity contribution is 7.16. The van der Waals surface area contributed by atoms with Crippen LogP contribution < -0.4 is 10.3 Å². The van der Waals surface area contributed by atoms with Gasteiger partial charge in [-0.3, -0.25) is 4.79 Å². The molecule has 1 saturated carbocycles. The molecule has 2 heterocycles. The molecule has 25 heavy (non-hydrogen) atoms. The molecule has 1 aromatic carbocycles. The number of aromatic nitrogens is 3. The van der Waals surface area contributed by atoms with Gasteiger partial charge < -0.3 is 9.47 Å². The molecule has 1 fully saturated rings. The van der Waals surface area contributed by atoms with Gasteiger partial charge in [-0.2, -0.15) is 9.61 Å². The quantitative estimate of drug-likeness (QED) is 0.652. The highest BCUT2D eigenvalue weighted by atomic mass is 32.1. The number of carbonyl (C=O) groups excluding carboxylic acids is 1. The average molecular weight is 357 g/mol. The third-order valence-electron chi connectivity index (χ3n) is 3.90. The van der Waals surface area contributed by atoms with E-state index in [1.807, 2.05) is 0 Å². The van der Waals surface area contributed by atoms with Crippen LogP contribution in [0.2, 0.25) is 0 Å². The van der Waals surface area contributed by atoms with Crippen LogP contribution in [0.4, 0.5) is 0 Å². The predicted octanol–water partition coefficient (Wildman–Crippen LogP) is 2.39. The molecule has 0 unspecified atom stereocenters. The summed E-state index contributed by atoms with van der Waals surface area (Å²) in [5.41, 5.74) is 0.527. The Kier molecular flexibility index (Phi) is 3.96. The third kappa shape index (κ3) is 3.25. The zero-order valence-electron chi connectivity index (χ0n) is 13.5. The number of fused-ring (bicyclic) bond motifs is 1. The molecule has 0 atom stereocenters. The summed E-state index contributed by atoms with van der Waals surface area (Å²) in [5.74, 6) is 0.536. The van der Waals surface area contributed by atoms with Gasteiger partial charge in [0.2, 0.25) is 4.96 Å². The maximum atomic E-state index is 12.2. The second kappa shape index (κ2) is 6.29. The Hall–Kier alpha value is -2.74. The number of hydrogen-bond acceptors (Lipinski definition) is 7. The summed E-state index contributed by atoms with van der Waals surface area (Å²) in [6.45, 7) is -0.0710. The molecular weight excluding hydrogens is 342 g/mol. The van der Waals surface area contributed by atoms with Crippen LogP contribution in [-0.4, -0.2) is 27.7 Å². The van der Waals surface area contributed by atoms with Crippen molar-refractivity contribution in [2.24, 2.45) is 0 Å². The van der Waals surface area contributed by atoms with E-state index in [2.05, 4.69) is 10.1 Å². The third-order valence-corrected chi connectivity index (χ3v) is 4.97. The normalized spacial score (nSPS) is 13.8. The maximum absolute atomic E-state index is 12.2. The molecule has 1 aliphatic rings. The summed E-state index contributed by atoms with van der Waals surface area (Å²) in [5, 5.41) is 5.26. The van der Waals surface area contributed by atoms with Crippen molar-refractivity contribution >= 4 is 22.3 Å². The molecular formula is C17H15N3O4S. The van der Waals surface area contributed by atoms with Crippen molar-refractivity contribution in [1.29, 1.82) is 0 Å².